The number of amides is 1. The summed E-state index contributed by atoms with van der Waals surface area (Å²) in [5.74, 6) is 1.39. The largest absolute Gasteiger partial charge is 0.469 e. The van der Waals surface area contributed by atoms with Crippen molar-refractivity contribution in [3.05, 3.63) is 23.7 Å². The molecule has 1 heterocycles. The number of furan rings is 1. The van der Waals surface area contributed by atoms with E-state index in [4.69, 9.17) is 16.6 Å². The molecule has 1 rings (SSSR count). The van der Waals surface area contributed by atoms with E-state index in [0.717, 1.165) is 18.7 Å². The van der Waals surface area contributed by atoms with Crippen LogP contribution in [-0.2, 0) is 0 Å². The predicted octanol–water partition coefficient (Wildman–Crippen LogP) is 1.45. The topological polar surface area (TPSA) is 66.3 Å². The standard InChI is InChI=1S/C11H17N3O2S2/c1-8-9(4-6-16-8)10(15)13-14-11(17)12-5-3-7-18-2/h4,6H,3,5,7H2,1-2H3,(H,13,15)(H2,12,14,17). The number of hydrogen-bond acceptors (Lipinski definition) is 4. The molecule has 7 heteroatoms. The van der Waals surface area contributed by atoms with Crippen molar-refractivity contribution in [2.24, 2.45) is 0 Å². The lowest BCUT2D eigenvalue weighted by Gasteiger charge is -2.10. The molecule has 0 unspecified atom stereocenters. The fraction of sp³-hybridized carbons (Fsp3) is 0.455. The molecule has 0 fully saturated rings. The molecule has 18 heavy (non-hydrogen) atoms. The van der Waals surface area contributed by atoms with Crippen molar-refractivity contribution in [1.29, 1.82) is 0 Å². The summed E-state index contributed by atoms with van der Waals surface area (Å²) in [7, 11) is 0. The molecule has 0 radical (unpaired) electrons. The Labute approximate surface area is 116 Å². The van der Waals surface area contributed by atoms with Crippen LogP contribution in [0.4, 0.5) is 0 Å². The molecule has 0 atom stereocenters. The normalized spacial score (nSPS) is 9.89. The second kappa shape index (κ2) is 7.99. The molecule has 0 aliphatic heterocycles. The molecule has 3 N–H and O–H groups in total. The Morgan fingerprint density at radius 1 is 1.50 bits per heavy atom. The van der Waals surface area contributed by atoms with Gasteiger partial charge >= 0.3 is 0 Å². The first-order valence-electron chi connectivity index (χ1n) is 5.52. The van der Waals surface area contributed by atoms with E-state index in [1.54, 1.807) is 24.8 Å². The first kappa shape index (κ1) is 14.8. The monoisotopic (exact) mass is 287 g/mol. The molecule has 0 aliphatic rings. The Morgan fingerprint density at radius 3 is 2.89 bits per heavy atom. The molecule has 0 spiro atoms. The SMILES string of the molecule is CSCCCNC(=S)NNC(=O)c1ccoc1C. The lowest BCUT2D eigenvalue weighted by molar-refractivity contribution is 0.0942. The van der Waals surface area contributed by atoms with Crippen LogP contribution in [0.2, 0.25) is 0 Å². The van der Waals surface area contributed by atoms with Gasteiger partial charge in [0.2, 0.25) is 0 Å². The molecule has 1 amide bonds. The quantitative estimate of drug-likeness (QED) is 0.433. The van der Waals surface area contributed by atoms with E-state index in [-0.39, 0.29) is 5.91 Å². The summed E-state index contributed by atoms with van der Waals surface area (Å²) in [6.07, 6.45) is 4.56. The van der Waals surface area contributed by atoms with Crippen LogP contribution in [-0.4, -0.2) is 29.6 Å². The highest BCUT2D eigenvalue weighted by molar-refractivity contribution is 7.98. The van der Waals surface area contributed by atoms with Crippen LogP contribution in [0.25, 0.3) is 0 Å². The number of hydrazine groups is 1. The summed E-state index contributed by atoms with van der Waals surface area (Å²) in [4.78, 5) is 11.7. The highest BCUT2D eigenvalue weighted by atomic mass is 32.2. The number of rotatable bonds is 5. The summed E-state index contributed by atoms with van der Waals surface area (Å²) in [5, 5.41) is 3.41. The molecule has 0 saturated heterocycles. The van der Waals surface area contributed by atoms with Crippen LogP contribution < -0.4 is 16.2 Å². The van der Waals surface area contributed by atoms with Crippen LogP contribution >= 0.6 is 24.0 Å². The molecule has 0 saturated carbocycles. The van der Waals surface area contributed by atoms with Crippen LogP contribution in [0.5, 0.6) is 0 Å². The maximum Gasteiger partial charge on any atom is 0.273 e. The van der Waals surface area contributed by atoms with Crippen molar-refractivity contribution in [2.75, 3.05) is 18.6 Å². The number of thiocarbonyl (C=S) groups is 1. The molecule has 5 nitrogen and oxygen atoms in total. The highest BCUT2D eigenvalue weighted by Crippen LogP contribution is 2.07. The Hall–Kier alpha value is -1.21. The van der Waals surface area contributed by atoms with Gasteiger partial charge in [-0.3, -0.25) is 15.6 Å². The van der Waals surface area contributed by atoms with Crippen molar-refractivity contribution >= 4 is 35.0 Å². The van der Waals surface area contributed by atoms with E-state index < -0.39 is 0 Å². The maximum atomic E-state index is 11.7. The number of hydrogen-bond donors (Lipinski definition) is 3. The van der Waals surface area contributed by atoms with E-state index in [1.807, 2.05) is 0 Å². The molecular weight excluding hydrogens is 270 g/mol. The van der Waals surface area contributed by atoms with Gasteiger partial charge in [0.15, 0.2) is 5.11 Å². The zero-order valence-corrected chi connectivity index (χ0v) is 12.0. The van der Waals surface area contributed by atoms with Gasteiger partial charge in [-0.2, -0.15) is 11.8 Å². The Kier molecular flexibility index (Phi) is 6.59. The molecule has 1 aromatic rings. The first-order valence-corrected chi connectivity index (χ1v) is 7.32. The van der Waals surface area contributed by atoms with Gasteiger partial charge in [0.1, 0.15) is 5.76 Å². The summed E-state index contributed by atoms with van der Waals surface area (Å²) < 4.78 is 5.04. The number of carbonyl (C=O) groups excluding carboxylic acids is 1. The average Bonchev–Trinajstić information content (AvgIpc) is 2.78. The molecule has 100 valence electrons. The summed E-state index contributed by atoms with van der Waals surface area (Å²) in [5.41, 5.74) is 5.65. The van der Waals surface area contributed by atoms with Crippen LogP contribution in [0, 0.1) is 6.92 Å². The Morgan fingerprint density at radius 2 is 2.28 bits per heavy atom. The lowest BCUT2D eigenvalue weighted by Crippen LogP contribution is -2.47. The second-order valence-electron chi connectivity index (χ2n) is 3.57. The van der Waals surface area contributed by atoms with Gasteiger partial charge in [-0.15, -0.1) is 0 Å². The number of carbonyl (C=O) groups is 1. The minimum absolute atomic E-state index is 0.269. The zero-order chi connectivity index (χ0) is 13.4. The van der Waals surface area contributed by atoms with Crippen molar-refractivity contribution in [2.45, 2.75) is 13.3 Å². The fourth-order valence-electron chi connectivity index (χ4n) is 1.26. The molecule has 0 aliphatic carbocycles. The van der Waals surface area contributed by atoms with Crippen LogP contribution in [0.3, 0.4) is 0 Å². The van der Waals surface area contributed by atoms with Gasteiger partial charge in [-0.05, 0) is 43.6 Å². The Bertz CT molecular complexity index is 407. The molecule has 1 aromatic heterocycles. The minimum atomic E-state index is -0.269. The Balaban J connectivity index is 2.22. The summed E-state index contributed by atoms with van der Waals surface area (Å²) >= 11 is 6.80. The third-order valence-electron chi connectivity index (χ3n) is 2.20. The van der Waals surface area contributed by atoms with E-state index in [2.05, 4.69) is 22.4 Å². The van der Waals surface area contributed by atoms with Crippen LogP contribution in [0.15, 0.2) is 16.7 Å². The number of thioether (sulfide) groups is 1. The van der Waals surface area contributed by atoms with E-state index in [9.17, 15) is 4.79 Å². The maximum absolute atomic E-state index is 11.7. The van der Waals surface area contributed by atoms with Crippen LogP contribution in [0.1, 0.15) is 22.5 Å². The van der Waals surface area contributed by atoms with E-state index in [1.165, 1.54) is 6.26 Å². The van der Waals surface area contributed by atoms with Crippen molar-refractivity contribution in [3.8, 4) is 0 Å². The summed E-state index contributed by atoms with van der Waals surface area (Å²) in [6, 6.07) is 1.61. The third kappa shape index (κ3) is 4.97. The number of nitrogens with one attached hydrogen (secondary N) is 3. The summed E-state index contributed by atoms with van der Waals surface area (Å²) in [6.45, 7) is 2.52. The van der Waals surface area contributed by atoms with E-state index in [0.29, 0.717) is 16.4 Å². The van der Waals surface area contributed by atoms with Crippen molar-refractivity contribution in [1.82, 2.24) is 16.2 Å². The molecule has 0 bridgehead atoms. The fourth-order valence-corrected chi connectivity index (χ4v) is 1.85. The number of aryl methyl sites for hydroxylation is 1. The zero-order valence-electron chi connectivity index (χ0n) is 10.4. The second-order valence-corrected chi connectivity index (χ2v) is 4.97. The molecular formula is C11H17N3O2S2. The predicted molar refractivity (Wildman–Crippen MR) is 77.6 cm³/mol. The van der Waals surface area contributed by atoms with Crippen molar-refractivity contribution < 1.29 is 9.21 Å². The van der Waals surface area contributed by atoms with Gasteiger partial charge in [0.05, 0.1) is 11.8 Å². The highest BCUT2D eigenvalue weighted by Gasteiger charge is 2.10. The molecule has 0 aromatic carbocycles. The first-order chi connectivity index (χ1) is 8.65. The van der Waals surface area contributed by atoms with Gasteiger partial charge in [-0.1, -0.05) is 0 Å². The third-order valence-corrected chi connectivity index (χ3v) is 3.15. The average molecular weight is 287 g/mol. The van der Waals surface area contributed by atoms with Gasteiger partial charge in [0.25, 0.3) is 5.91 Å². The smallest absolute Gasteiger partial charge is 0.273 e. The lowest BCUT2D eigenvalue weighted by atomic mass is 10.2. The van der Waals surface area contributed by atoms with Gasteiger partial charge < -0.3 is 9.73 Å². The van der Waals surface area contributed by atoms with E-state index >= 15 is 0 Å². The van der Waals surface area contributed by atoms with Gasteiger partial charge in [0, 0.05) is 6.54 Å². The minimum Gasteiger partial charge on any atom is -0.469 e. The van der Waals surface area contributed by atoms with Gasteiger partial charge in [-0.25, -0.2) is 0 Å². The van der Waals surface area contributed by atoms with Crippen molar-refractivity contribution in [3.63, 3.8) is 0 Å².